The van der Waals surface area contributed by atoms with Gasteiger partial charge in [0.15, 0.2) is 0 Å². The van der Waals surface area contributed by atoms with Gasteiger partial charge >= 0.3 is 0 Å². The Morgan fingerprint density at radius 3 is 2.42 bits per heavy atom. The second kappa shape index (κ2) is 12.2. The van der Waals surface area contributed by atoms with E-state index >= 15 is 0 Å². The molecule has 1 heterocycles. The fraction of sp³-hybridized carbons (Fsp3) is 0.324. The maximum Gasteiger partial charge on any atom is 0.293 e. The maximum absolute atomic E-state index is 9.18. The van der Waals surface area contributed by atoms with Crippen LogP contribution in [0.1, 0.15) is 63.1 Å². The van der Waals surface area contributed by atoms with Gasteiger partial charge in [-0.15, -0.1) is 0 Å². The van der Waals surface area contributed by atoms with Crippen LogP contribution in [-0.2, 0) is 21.5 Å². The average Bonchev–Trinajstić information content (AvgIpc) is 3.58. The Morgan fingerprint density at radius 2 is 1.82 bits per heavy atom. The molecule has 4 nitrogen and oxygen atoms in total. The van der Waals surface area contributed by atoms with E-state index in [0.29, 0.717) is 19.0 Å². The van der Waals surface area contributed by atoms with Gasteiger partial charge in [-0.1, -0.05) is 75.4 Å². The van der Waals surface area contributed by atoms with Crippen LogP contribution in [0.25, 0.3) is 22.0 Å². The highest BCUT2D eigenvalue weighted by molar-refractivity contribution is 5.96. The fourth-order valence-corrected chi connectivity index (χ4v) is 5.00. The maximum atomic E-state index is 9.18. The first-order valence-corrected chi connectivity index (χ1v) is 13.4. The molecule has 1 aliphatic rings. The number of nitrogens with zero attached hydrogens (tertiary/aromatic N) is 1. The third-order valence-electron chi connectivity index (χ3n) is 7.13. The lowest BCUT2D eigenvalue weighted by Gasteiger charge is -2.19. The first-order chi connectivity index (χ1) is 18.3. The largest absolute Gasteiger partial charge is 0.497 e. The van der Waals surface area contributed by atoms with Gasteiger partial charge in [0.1, 0.15) is 5.75 Å². The van der Waals surface area contributed by atoms with Crippen molar-refractivity contribution in [2.24, 2.45) is 0 Å². The molecular formula is C34H39NO3. The van der Waals surface area contributed by atoms with Crippen molar-refractivity contribution in [3.05, 3.63) is 102 Å². The molecule has 0 saturated carbocycles. The fourth-order valence-electron chi connectivity index (χ4n) is 5.00. The second-order valence-corrected chi connectivity index (χ2v) is 10.8. The summed E-state index contributed by atoms with van der Waals surface area (Å²) in [7, 11) is 1.72. The van der Waals surface area contributed by atoms with Crippen molar-refractivity contribution >= 4 is 17.4 Å². The zero-order valence-electron chi connectivity index (χ0n) is 23.2. The van der Waals surface area contributed by atoms with E-state index in [-0.39, 0.29) is 5.41 Å². The average molecular weight is 510 g/mol. The van der Waals surface area contributed by atoms with Gasteiger partial charge in [-0.05, 0) is 71.7 Å². The van der Waals surface area contributed by atoms with Crippen molar-refractivity contribution in [3.63, 3.8) is 0 Å². The van der Waals surface area contributed by atoms with Crippen LogP contribution >= 0.6 is 0 Å². The molecule has 1 atom stereocenters. The molecule has 1 aliphatic carbocycles. The summed E-state index contributed by atoms with van der Waals surface area (Å²) in [6, 6.07) is 24.5. The summed E-state index contributed by atoms with van der Waals surface area (Å²) in [6.45, 7) is 10.3. The van der Waals surface area contributed by atoms with Crippen molar-refractivity contribution in [1.29, 1.82) is 0 Å². The third kappa shape index (κ3) is 6.36. The molecule has 1 unspecified atom stereocenters. The van der Waals surface area contributed by atoms with Crippen LogP contribution in [-0.4, -0.2) is 24.8 Å². The van der Waals surface area contributed by atoms with Crippen LogP contribution in [0.2, 0.25) is 0 Å². The van der Waals surface area contributed by atoms with Crippen molar-refractivity contribution in [1.82, 2.24) is 4.57 Å². The van der Waals surface area contributed by atoms with Gasteiger partial charge in [-0.2, -0.15) is 0 Å². The number of carbonyl (C=O) groups excluding carboxylic acids is 1. The van der Waals surface area contributed by atoms with Gasteiger partial charge in [0.2, 0.25) is 0 Å². The van der Waals surface area contributed by atoms with Crippen molar-refractivity contribution < 1.29 is 14.3 Å². The van der Waals surface area contributed by atoms with Gasteiger partial charge in [0.25, 0.3) is 6.47 Å². The normalized spacial score (nSPS) is 14.7. The number of aromatic nitrogens is 1. The van der Waals surface area contributed by atoms with Crippen LogP contribution in [0.5, 0.6) is 5.75 Å². The Labute approximate surface area is 226 Å². The Bertz CT molecular complexity index is 1390. The van der Waals surface area contributed by atoms with Gasteiger partial charge in [-0.3, -0.25) is 4.79 Å². The Hall–Kier alpha value is -3.79. The molecule has 0 radical (unpaired) electrons. The molecule has 0 aliphatic heterocycles. The van der Waals surface area contributed by atoms with Crippen LogP contribution in [0.4, 0.5) is 0 Å². The SMILES string of the molecule is CCOC=O.COc1cccc(Cn2cc(-c3ccc(C(C)(C)C)cc3)c3cc(C4C=CCC4)ccc32)c1. The number of hydrogen-bond acceptors (Lipinski definition) is 3. The van der Waals surface area contributed by atoms with Crippen LogP contribution in [0, 0.1) is 0 Å². The second-order valence-electron chi connectivity index (χ2n) is 10.8. The van der Waals surface area contributed by atoms with Crippen molar-refractivity contribution in [3.8, 4) is 16.9 Å². The number of fused-ring (bicyclic) bond motifs is 1. The lowest BCUT2D eigenvalue weighted by Crippen LogP contribution is -2.10. The van der Waals surface area contributed by atoms with E-state index in [1.165, 1.54) is 51.6 Å². The van der Waals surface area contributed by atoms with E-state index in [2.05, 4.69) is 109 Å². The summed E-state index contributed by atoms with van der Waals surface area (Å²) in [6.07, 6.45) is 9.40. The molecular weight excluding hydrogens is 470 g/mol. The van der Waals surface area contributed by atoms with Crippen molar-refractivity contribution in [2.75, 3.05) is 13.7 Å². The number of allylic oxidation sites excluding steroid dienone is 2. The molecule has 0 saturated heterocycles. The Morgan fingerprint density at radius 1 is 1.03 bits per heavy atom. The first kappa shape index (κ1) is 27.3. The first-order valence-electron chi connectivity index (χ1n) is 13.4. The molecule has 0 N–H and O–H groups in total. The number of ether oxygens (including phenoxy) is 2. The monoisotopic (exact) mass is 509 g/mol. The molecule has 4 heteroatoms. The minimum absolute atomic E-state index is 0.154. The summed E-state index contributed by atoms with van der Waals surface area (Å²) >= 11 is 0. The lowest BCUT2D eigenvalue weighted by atomic mass is 9.86. The van der Waals surface area contributed by atoms with E-state index in [9.17, 15) is 4.79 Å². The van der Waals surface area contributed by atoms with E-state index in [4.69, 9.17) is 4.74 Å². The molecule has 198 valence electrons. The highest BCUT2D eigenvalue weighted by atomic mass is 16.5. The molecule has 3 aromatic carbocycles. The zero-order valence-corrected chi connectivity index (χ0v) is 23.2. The number of methoxy groups -OCH3 is 1. The summed E-state index contributed by atoms with van der Waals surface area (Å²) in [5.74, 6) is 1.43. The van der Waals surface area contributed by atoms with E-state index < -0.39 is 0 Å². The minimum Gasteiger partial charge on any atom is -0.497 e. The summed E-state index contributed by atoms with van der Waals surface area (Å²) in [5, 5.41) is 1.33. The number of benzene rings is 3. The molecule has 1 aromatic heterocycles. The van der Waals surface area contributed by atoms with Gasteiger partial charge < -0.3 is 14.0 Å². The molecule has 0 bridgehead atoms. The van der Waals surface area contributed by atoms with E-state index in [1.807, 2.05) is 6.07 Å². The molecule has 5 rings (SSSR count). The molecule has 4 aromatic rings. The zero-order chi connectivity index (χ0) is 27.1. The van der Waals surface area contributed by atoms with E-state index in [1.54, 1.807) is 14.0 Å². The number of carbonyl (C=O) groups is 1. The Balaban J connectivity index is 0.000000617. The predicted octanol–water partition coefficient (Wildman–Crippen LogP) is 8.28. The molecule has 0 fully saturated rings. The smallest absolute Gasteiger partial charge is 0.293 e. The molecule has 0 spiro atoms. The summed E-state index contributed by atoms with van der Waals surface area (Å²) < 4.78 is 12.0. The molecule has 38 heavy (non-hydrogen) atoms. The third-order valence-corrected chi connectivity index (χ3v) is 7.13. The lowest BCUT2D eigenvalue weighted by molar-refractivity contribution is -0.128. The highest BCUT2D eigenvalue weighted by Crippen LogP contribution is 2.37. The van der Waals surface area contributed by atoms with Crippen LogP contribution < -0.4 is 4.74 Å². The van der Waals surface area contributed by atoms with Gasteiger partial charge in [0.05, 0.1) is 13.7 Å². The van der Waals surface area contributed by atoms with Gasteiger partial charge in [0, 0.05) is 35.1 Å². The highest BCUT2D eigenvalue weighted by Gasteiger charge is 2.18. The van der Waals surface area contributed by atoms with Crippen molar-refractivity contribution in [2.45, 2.75) is 58.4 Å². The summed E-state index contributed by atoms with van der Waals surface area (Å²) in [5.41, 5.74) is 8.03. The minimum atomic E-state index is 0.154. The van der Waals surface area contributed by atoms with E-state index in [0.717, 1.165) is 12.3 Å². The van der Waals surface area contributed by atoms with Crippen LogP contribution in [0.3, 0.4) is 0 Å². The number of hydrogen-bond donors (Lipinski definition) is 0. The Kier molecular flexibility index (Phi) is 8.73. The summed E-state index contributed by atoms with van der Waals surface area (Å²) in [4.78, 5) is 9.18. The van der Waals surface area contributed by atoms with Crippen LogP contribution in [0.15, 0.2) is 85.1 Å². The number of rotatable bonds is 7. The molecule has 0 amide bonds. The topological polar surface area (TPSA) is 40.5 Å². The predicted molar refractivity (Wildman–Crippen MR) is 157 cm³/mol. The van der Waals surface area contributed by atoms with Gasteiger partial charge in [-0.25, -0.2) is 0 Å². The quantitative estimate of drug-likeness (QED) is 0.186. The standard InChI is InChI=1S/C31H33NO.C3H6O2/c1-31(2,3)26-15-12-24(13-16-26)29-21-32(20-22-8-7-11-27(18-22)33-4)30-17-14-25(19-28(29)30)23-9-5-6-10-23;1-2-5-3-4/h5,7-9,11-19,21,23H,6,10,20H2,1-4H3;3H,2H2,1H3.